The van der Waals surface area contributed by atoms with E-state index in [-0.39, 0.29) is 31.3 Å². The SMILES string of the molecule is CCCCCCCCC/C=C/C=C/CCCCCC(=O)NC(COP(=O)([O-])OCC[N+](C)(C)C)C(/C=C\CCCCCCCCCCC)OC(=O)CCCCCCCCCCCCCCCCCCCCCCCCCCCCC. The van der Waals surface area contributed by atoms with Gasteiger partial charge in [0.25, 0.3) is 7.82 Å². The summed E-state index contributed by atoms with van der Waals surface area (Å²) in [5, 5.41) is 3.02. The van der Waals surface area contributed by atoms with Gasteiger partial charge < -0.3 is 28.5 Å². The van der Waals surface area contributed by atoms with Crippen molar-refractivity contribution in [2.45, 2.75) is 360 Å². The van der Waals surface area contributed by atoms with E-state index in [4.69, 9.17) is 13.8 Å². The lowest BCUT2D eigenvalue weighted by atomic mass is 10.0. The van der Waals surface area contributed by atoms with Crippen LogP contribution in [0.25, 0.3) is 0 Å². The minimum atomic E-state index is -4.70. The van der Waals surface area contributed by atoms with E-state index in [9.17, 15) is 19.0 Å². The van der Waals surface area contributed by atoms with Crippen LogP contribution in [-0.4, -0.2) is 69.4 Å². The first kappa shape index (κ1) is 78.2. The molecule has 0 bridgehead atoms. The third kappa shape index (κ3) is 60.8. The fraction of sp³-hybridized carbons (Fsp3) is 0.886. The lowest BCUT2D eigenvalue weighted by molar-refractivity contribution is -0.870. The number of unbranched alkanes of at least 4 members (excludes halogenated alkanes) is 45. The minimum Gasteiger partial charge on any atom is -0.756 e. The van der Waals surface area contributed by atoms with Crippen molar-refractivity contribution in [2.24, 2.45) is 0 Å². The maximum absolute atomic E-state index is 13.5. The van der Waals surface area contributed by atoms with Gasteiger partial charge in [-0.2, -0.15) is 0 Å². The number of nitrogens with one attached hydrogen (secondary N) is 1. The molecular formula is C70H135N2O7P. The van der Waals surface area contributed by atoms with E-state index in [0.29, 0.717) is 17.4 Å². The second kappa shape index (κ2) is 60.4. The summed E-state index contributed by atoms with van der Waals surface area (Å²) in [5.41, 5.74) is 0. The Hall–Kier alpha value is -1.77. The highest BCUT2D eigenvalue weighted by molar-refractivity contribution is 7.45. The van der Waals surface area contributed by atoms with E-state index in [2.05, 4.69) is 50.4 Å². The number of amides is 1. The van der Waals surface area contributed by atoms with Gasteiger partial charge in [0.15, 0.2) is 0 Å². The maximum Gasteiger partial charge on any atom is 0.306 e. The van der Waals surface area contributed by atoms with Crippen molar-refractivity contribution in [1.82, 2.24) is 5.32 Å². The van der Waals surface area contributed by atoms with Gasteiger partial charge in [-0.05, 0) is 57.4 Å². The fourth-order valence-corrected chi connectivity index (χ4v) is 11.2. The standard InChI is InChI=1S/C70H135N2O7P/c1-7-10-13-16-19-22-25-27-29-31-32-33-34-35-36-37-38-39-40-41-43-45-48-51-54-57-60-63-70(74)79-68(61-58-55-52-49-46-24-21-18-15-12-9-3)67(66-78-80(75,76)77-65-64-72(4,5)6)71-69(73)62-59-56-53-50-47-44-42-30-28-26-23-20-17-14-11-8-2/h30,42,44,47,58,61,67-68H,7-29,31-41,43,45-46,48-57,59-60,62-66H2,1-6H3,(H-,71,73,75,76)/b42-30+,47-44+,61-58-. The molecule has 0 rings (SSSR count). The Bertz CT molecular complexity index is 1460. The van der Waals surface area contributed by atoms with Crippen LogP contribution in [0.2, 0.25) is 0 Å². The number of likely N-dealkylation sites (N-methyl/N-ethyl adjacent to an activating group) is 1. The molecule has 0 aliphatic rings. The number of carbonyl (C=O) groups excluding carboxylic acids is 2. The van der Waals surface area contributed by atoms with Crippen LogP contribution < -0.4 is 10.2 Å². The molecule has 3 unspecified atom stereocenters. The summed E-state index contributed by atoms with van der Waals surface area (Å²) in [4.78, 5) is 40.0. The monoisotopic (exact) mass is 1150 g/mol. The third-order valence-corrected chi connectivity index (χ3v) is 16.8. The Kier molecular flexibility index (Phi) is 59.0. The molecule has 1 N–H and O–H groups in total. The summed E-state index contributed by atoms with van der Waals surface area (Å²) < 4.78 is 30.4. The molecule has 0 aromatic heterocycles. The fourth-order valence-electron chi connectivity index (χ4n) is 10.5. The highest BCUT2D eigenvalue weighted by Gasteiger charge is 2.27. The molecule has 0 aliphatic carbocycles. The van der Waals surface area contributed by atoms with E-state index in [1.807, 2.05) is 33.3 Å². The normalized spacial score (nSPS) is 13.7. The first-order valence-corrected chi connectivity index (χ1v) is 36.3. The molecule has 0 aliphatic heterocycles. The number of phosphoric acid groups is 1. The number of quaternary nitrogens is 1. The number of phosphoric ester groups is 1. The number of carbonyl (C=O) groups is 2. The van der Waals surface area contributed by atoms with Crippen LogP contribution in [-0.2, 0) is 27.9 Å². The number of hydrogen-bond donors (Lipinski definition) is 1. The van der Waals surface area contributed by atoms with Crippen molar-refractivity contribution >= 4 is 19.7 Å². The van der Waals surface area contributed by atoms with Gasteiger partial charge in [0.2, 0.25) is 5.91 Å². The van der Waals surface area contributed by atoms with E-state index >= 15 is 0 Å². The predicted molar refractivity (Wildman–Crippen MR) is 344 cm³/mol. The van der Waals surface area contributed by atoms with Crippen LogP contribution in [0.15, 0.2) is 36.5 Å². The summed E-state index contributed by atoms with van der Waals surface area (Å²) in [6, 6.07) is -0.898. The third-order valence-electron chi connectivity index (χ3n) is 15.9. The molecule has 0 aromatic carbocycles. The number of esters is 1. The van der Waals surface area contributed by atoms with E-state index in [1.54, 1.807) is 0 Å². The largest absolute Gasteiger partial charge is 0.756 e. The van der Waals surface area contributed by atoms with Crippen LogP contribution in [0.3, 0.4) is 0 Å². The van der Waals surface area contributed by atoms with Gasteiger partial charge in [-0.1, -0.05) is 314 Å². The molecule has 0 aromatic rings. The van der Waals surface area contributed by atoms with Crippen LogP contribution in [0, 0.1) is 0 Å². The van der Waals surface area contributed by atoms with Gasteiger partial charge in [-0.15, -0.1) is 0 Å². The molecule has 0 heterocycles. The topological polar surface area (TPSA) is 114 Å². The van der Waals surface area contributed by atoms with Crippen molar-refractivity contribution in [1.29, 1.82) is 0 Å². The summed E-state index contributed by atoms with van der Waals surface area (Å²) in [6.45, 7) is 6.86. The zero-order valence-corrected chi connectivity index (χ0v) is 54.9. The zero-order valence-electron chi connectivity index (χ0n) is 54.1. The quantitative estimate of drug-likeness (QED) is 0.0161. The Labute approximate surface area is 497 Å². The van der Waals surface area contributed by atoms with E-state index in [0.717, 1.165) is 64.2 Å². The highest BCUT2D eigenvalue weighted by Crippen LogP contribution is 2.38. The molecule has 3 atom stereocenters. The first-order chi connectivity index (χ1) is 38.9. The summed E-state index contributed by atoms with van der Waals surface area (Å²) in [6.07, 6.45) is 74.3. The van der Waals surface area contributed by atoms with Crippen molar-refractivity contribution < 1.29 is 37.3 Å². The molecule has 0 spiro atoms. The summed E-state index contributed by atoms with van der Waals surface area (Å²) in [5.74, 6) is -0.556. The smallest absolute Gasteiger partial charge is 0.306 e. The molecule has 1 amide bonds. The second-order valence-electron chi connectivity index (χ2n) is 25.1. The van der Waals surface area contributed by atoms with Crippen molar-refractivity contribution in [3.8, 4) is 0 Å². The first-order valence-electron chi connectivity index (χ1n) is 34.8. The van der Waals surface area contributed by atoms with Gasteiger partial charge in [0, 0.05) is 12.8 Å². The van der Waals surface area contributed by atoms with Crippen molar-refractivity contribution in [3.63, 3.8) is 0 Å². The number of hydrogen-bond acceptors (Lipinski definition) is 7. The molecule has 472 valence electrons. The molecule has 0 saturated carbocycles. The van der Waals surface area contributed by atoms with Crippen LogP contribution >= 0.6 is 7.82 Å². The molecule has 9 nitrogen and oxygen atoms in total. The number of nitrogens with zero attached hydrogens (tertiary/aromatic N) is 1. The molecular weight excluding hydrogens is 1010 g/mol. The molecule has 80 heavy (non-hydrogen) atoms. The Morgan fingerprint density at radius 3 is 1.11 bits per heavy atom. The number of allylic oxidation sites excluding steroid dienone is 5. The van der Waals surface area contributed by atoms with Crippen molar-refractivity contribution in [2.75, 3.05) is 40.9 Å². The average Bonchev–Trinajstić information content (AvgIpc) is 3.43. The van der Waals surface area contributed by atoms with Gasteiger partial charge >= 0.3 is 5.97 Å². The highest BCUT2D eigenvalue weighted by atomic mass is 31.2. The average molecular weight is 1150 g/mol. The minimum absolute atomic E-state index is 0.0251. The Morgan fingerprint density at radius 1 is 0.438 bits per heavy atom. The Morgan fingerprint density at radius 2 is 0.750 bits per heavy atom. The number of rotatable bonds is 64. The number of ether oxygens (including phenoxy) is 1. The van der Waals surface area contributed by atoms with Gasteiger partial charge in [-0.25, -0.2) is 0 Å². The molecule has 0 fully saturated rings. The lowest BCUT2D eigenvalue weighted by Gasteiger charge is -2.30. The molecule has 0 radical (unpaired) electrons. The van der Waals surface area contributed by atoms with Gasteiger partial charge in [0.05, 0.1) is 33.8 Å². The summed E-state index contributed by atoms with van der Waals surface area (Å²) in [7, 11) is 1.18. The maximum atomic E-state index is 13.5. The molecule has 10 heteroatoms. The van der Waals surface area contributed by atoms with E-state index in [1.165, 1.54) is 244 Å². The van der Waals surface area contributed by atoms with E-state index < -0.39 is 26.6 Å². The van der Waals surface area contributed by atoms with Gasteiger partial charge in [0.1, 0.15) is 19.3 Å². The zero-order chi connectivity index (χ0) is 58.6. The predicted octanol–water partition coefficient (Wildman–Crippen LogP) is 21.2. The van der Waals surface area contributed by atoms with Crippen LogP contribution in [0.1, 0.15) is 348 Å². The van der Waals surface area contributed by atoms with Crippen LogP contribution in [0.5, 0.6) is 0 Å². The van der Waals surface area contributed by atoms with Crippen molar-refractivity contribution in [3.05, 3.63) is 36.5 Å². The second-order valence-corrected chi connectivity index (χ2v) is 26.5. The Balaban J connectivity index is 4.97. The van der Waals surface area contributed by atoms with Crippen LogP contribution in [0.4, 0.5) is 0 Å². The molecule has 0 saturated heterocycles. The lowest BCUT2D eigenvalue weighted by Crippen LogP contribution is -2.47. The summed E-state index contributed by atoms with van der Waals surface area (Å²) >= 11 is 0. The van der Waals surface area contributed by atoms with Gasteiger partial charge in [-0.3, -0.25) is 14.2 Å².